The van der Waals surface area contributed by atoms with E-state index in [2.05, 4.69) is 30.3 Å². The average molecular weight is 127 g/mol. The van der Waals surface area contributed by atoms with Crippen LogP contribution in [0, 0.1) is 6.42 Å². The van der Waals surface area contributed by atoms with Gasteiger partial charge in [-0.15, -0.1) is 0 Å². The molecule has 2 heteroatoms. The first-order chi connectivity index (χ1) is 4.38. The van der Waals surface area contributed by atoms with E-state index in [9.17, 15) is 0 Å². The maximum atomic E-state index is 2.36. The van der Waals surface area contributed by atoms with Crippen molar-refractivity contribution >= 4 is 0 Å². The van der Waals surface area contributed by atoms with Gasteiger partial charge in [-0.2, -0.15) is 0 Å². The maximum absolute atomic E-state index is 2.36. The minimum absolute atomic E-state index is 1.14. The zero-order valence-electron chi connectivity index (χ0n) is 6.30. The second kappa shape index (κ2) is 3.18. The van der Waals surface area contributed by atoms with Gasteiger partial charge in [0, 0.05) is 26.2 Å². The lowest BCUT2D eigenvalue weighted by Crippen LogP contribution is -2.35. The molecule has 1 rings (SSSR count). The van der Waals surface area contributed by atoms with E-state index in [0.717, 1.165) is 26.2 Å². The van der Waals surface area contributed by atoms with Crippen LogP contribution in [-0.2, 0) is 0 Å². The van der Waals surface area contributed by atoms with E-state index in [1.165, 1.54) is 0 Å². The third kappa shape index (κ3) is 1.43. The van der Waals surface area contributed by atoms with Crippen LogP contribution in [0.4, 0.5) is 0 Å². The number of hydrogen-bond acceptors (Lipinski definition) is 2. The maximum Gasteiger partial charge on any atom is 0.0178 e. The molecule has 0 aromatic heterocycles. The number of hydrazine groups is 1. The summed E-state index contributed by atoms with van der Waals surface area (Å²) in [5.74, 6) is 0. The molecule has 9 heavy (non-hydrogen) atoms. The molecule has 0 aromatic carbocycles. The van der Waals surface area contributed by atoms with Crippen molar-refractivity contribution in [2.45, 2.75) is 13.8 Å². The smallest absolute Gasteiger partial charge is 0.0178 e. The highest BCUT2D eigenvalue weighted by Crippen LogP contribution is 2.06. The summed E-state index contributed by atoms with van der Waals surface area (Å²) in [7, 11) is 0. The van der Waals surface area contributed by atoms with Crippen molar-refractivity contribution in [1.82, 2.24) is 10.0 Å². The minimum Gasteiger partial charge on any atom is -0.242 e. The average Bonchev–Trinajstić information content (AvgIpc) is 2.33. The Bertz CT molecular complexity index is 73.0. The highest BCUT2D eigenvalue weighted by atomic mass is 15.6. The zero-order valence-corrected chi connectivity index (χ0v) is 6.30. The van der Waals surface area contributed by atoms with Crippen LogP contribution in [0.5, 0.6) is 0 Å². The van der Waals surface area contributed by atoms with Gasteiger partial charge in [-0.05, 0) is 6.42 Å². The van der Waals surface area contributed by atoms with Crippen LogP contribution in [0.2, 0.25) is 0 Å². The molecule has 1 aliphatic rings. The molecule has 0 N–H and O–H groups in total. The summed E-state index contributed by atoms with van der Waals surface area (Å²) in [6, 6.07) is 0. The topological polar surface area (TPSA) is 6.48 Å². The Morgan fingerprint density at radius 3 is 1.89 bits per heavy atom. The predicted octanol–water partition coefficient (Wildman–Crippen LogP) is 0.763. The molecular formula is C7H15N2. The molecule has 0 aromatic rings. The molecule has 0 atom stereocenters. The van der Waals surface area contributed by atoms with Crippen LogP contribution in [-0.4, -0.2) is 36.2 Å². The SMILES string of the molecule is CCN1C[CH]CN1CC. The molecule has 1 radical (unpaired) electrons. The van der Waals surface area contributed by atoms with E-state index in [1.807, 2.05) is 0 Å². The van der Waals surface area contributed by atoms with Gasteiger partial charge >= 0.3 is 0 Å². The van der Waals surface area contributed by atoms with Gasteiger partial charge in [0.25, 0.3) is 0 Å². The molecule has 53 valence electrons. The summed E-state index contributed by atoms with van der Waals surface area (Å²) in [5, 5.41) is 4.72. The first-order valence-corrected chi connectivity index (χ1v) is 3.70. The predicted molar refractivity (Wildman–Crippen MR) is 38.8 cm³/mol. The molecule has 1 fully saturated rings. The van der Waals surface area contributed by atoms with Crippen molar-refractivity contribution in [1.29, 1.82) is 0 Å². The van der Waals surface area contributed by atoms with Crippen LogP contribution < -0.4 is 0 Å². The fraction of sp³-hybridized carbons (Fsp3) is 0.857. The third-order valence-electron chi connectivity index (χ3n) is 1.81. The van der Waals surface area contributed by atoms with E-state index in [4.69, 9.17) is 0 Å². The van der Waals surface area contributed by atoms with Gasteiger partial charge in [0.15, 0.2) is 0 Å². The quantitative estimate of drug-likeness (QED) is 0.540. The Morgan fingerprint density at radius 1 is 1.11 bits per heavy atom. The van der Waals surface area contributed by atoms with Crippen molar-refractivity contribution in [3.63, 3.8) is 0 Å². The standard InChI is InChI=1S/C7H15N2/c1-3-8-6-5-7-9(8)4-2/h5H,3-4,6-7H2,1-2H3. The van der Waals surface area contributed by atoms with Gasteiger partial charge in [0.1, 0.15) is 0 Å². The zero-order chi connectivity index (χ0) is 6.69. The Kier molecular flexibility index (Phi) is 2.49. The Morgan fingerprint density at radius 2 is 1.56 bits per heavy atom. The molecule has 1 heterocycles. The number of rotatable bonds is 2. The molecule has 1 aliphatic heterocycles. The van der Waals surface area contributed by atoms with Gasteiger partial charge in [0.05, 0.1) is 0 Å². The lowest BCUT2D eigenvalue weighted by molar-refractivity contribution is 0.0388. The minimum atomic E-state index is 1.14. The molecule has 0 unspecified atom stereocenters. The van der Waals surface area contributed by atoms with E-state index < -0.39 is 0 Å². The summed E-state index contributed by atoms with van der Waals surface area (Å²) < 4.78 is 0. The van der Waals surface area contributed by atoms with Gasteiger partial charge in [-0.1, -0.05) is 13.8 Å². The summed E-state index contributed by atoms with van der Waals surface area (Å²) in [6.07, 6.45) is 2.31. The largest absolute Gasteiger partial charge is 0.242 e. The molecule has 0 saturated carbocycles. The Balaban J connectivity index is 2.32. The molecule has 0 aliphatic carbocycles. The van der Waals surface area contributed by atoms with Crippen LogP contribution in [0.25, 0.3) is 0 Å². The van der Waals surface area contributed by atoms with E-state index in [1.54, 1.807) is 0 Å². The van der Waals surface area contributed by atoms with Crippen LogP contribution in [0.1, 0.15) is 13.8 Å². The molecule has 0 bridgehead atoms. The summed E-state index contributed by atoms with van der Waals surface area (Å²) >= 11 is 0. The monoisotopic (exact) mass is 127 g/mol. The third-order valence-corrected chi connectivity index (χ3v) is 1.81. The number of hydrogen-bond donors (Lipinski definition) is 0. The van der Waals surface area contributed by atoms with Crippen molar-refractivity contribution in [2.75, 3.05) is 26.2 Å². The normalized spacial score (nSPS) is 23.3. The lowest BCUT2D eigenvalue weighted by Gasteiger charge is -2.24. The second-order valence-electron chi connectivity index (χ2n) is 2.30. The van der Waals surface area contributed by atoms with Gasteiger partial charge in [0.2, 0.25) is 0 Å². The van der Waals surface area contributed by atoms with Gasteiger partial charge < -0.3 is 0 Å². The first kappa shape index (κ1) is 7.03. The fourth-order valence-corrected chi connectivity index (χ4v) is 1.24. The lowest BCUT2D eigenvalue weighted by atomic mass is 10.4. The van der Waals surface area contributed by atoms with Gasteiger partial charge in [-0.3, -0.25) is 0 Å². The van der Waals surface area contributed by atoms with E-state index in [0.29, 0.717) is 0 Å². The van der Waals surface area contributed by atoms with Crippen molar-refractivity contribution < 1.29 is 0 Å². The summed E-state index contributed by atoms with van der Waals surface area (Å²) in [5.41, 5.74) is 0. The van der Waals surface area contributed by atoms with Crippen molar-refractivity contribution in [2.24, 2.45) is 0 Å². The number of nitrogens with zero attached hydrogens (tertiary/aromatic N) is 2. The summed E-state index contributed by atoms with van der Waals surface area (Å²) in [6.45, 7) is 8.97. The van der Waals surface area contributed by atoms with Crippen LogP contribution in [0.15, 0.2) is 0 Å². The van der Waals surface area contributed by atoms with Crippen molar-refractivity contribution in [3.8, 4) is 0 Å². The summed E-state index contributed by atoms with van der Waals surface area (Å²) in [4.78, 5) is 0. The fourth-order valence-electron chi connectivity index (χ4n) is 1.24. The Hall–Kier alpha value is -0.0800. The molecule has 0 spiro atoms. The Labute approximate surface area is 57.4 Å². The second-order valence-corrected chi connectivity index (χ2v) is 2.30. The molecule has 2 nitrogen and oxygen atoms in total. The van der Waals surface area contributed by atoms with E-state index >= 15 is 0 Å². The van der Waals surface area contributed by atoms with Crippen LogP contribution in [0.3, 0.4) is 0 Å². The molecule has 0 amide bonds. The van der Waals surface area contributed by atoms with E-state index in [-0.39, 0.29) is 0 Å². The van der Waals surface area contributed by atoms with Crippen LogP contribution >= 0.6 is 0 Å². The highest BCUT2D eigenvalue weighted by molar-refractivity contribution is 4.80. The highest BCUT2D eigenvalue weighted by Gasteiger charge is 2.17. The molecule has 1 saturated heterocycles. The molecular weight excluding hydrogens is 112 g/mol. The van der Waals surface area contributed by atoms with Crippen molar-refractivity contribution in [3.05, 3.63) is 6.42 Å². The first-order valence-electron chi connectivity index (χ1n) is 3.70. The van der Waals surface area contributed by atoms with Gasteiger partial charge in [-0.25, -0.2) is 10.0 Å².